The third-order valence-electron chi connectivity index (χ3n) is 1.49. The van der Waals surface area contributed by atoms with Crippen LogP contribution in [-0.2, 0) is 4.57 Å². The summed E-state index contributed by atoms with van der Waals surface area (Å²) in [6.45, 7) is 0. The molecule has 0 aliphatic carbocycles. The van der Waals surface area contributed by atoms with Crippen molar-refractivity contribution < 1.29 is 9.46 Å². The lowest BCUT2D eigenvalue weighted by Gasteiger charge is -1.94. The van der Waals surface area contributed by atoms with Crippen molar-refractivity contribution in [2.75, 3.05) is 0 Å². The molecule has 0 fully saturated rings. The minimum Gasteiger partial charge on any atom is -0.342 e. The van der Waals surface area contributed by atoms with E-state index in [9.17, 15) is 4.57 Å². The van der Waals surface area contributed by atoms with E-state index in [0.717, 1.165) is 5.56 Å². The van der Waals surface area contributed by atoms with Crippen molar-refractivity contribution in [3.05, 3.63) is 41.3 Å². The first-order valence-electron chi connectivity index (χ1n) is 3.82. The first kappa shape index (κ1) is 11.0. The third-order valence-corrected chi connectivity index (χ3v) is 2.27. The molecule has 0 saturated heterocycles. The molecule has 1 rings (SSSR count). The predicted molar refractivity (Wildman–Crippen MR) is 60.7 cm³/mol. The Labute approximate surface area is 87.7 Å². The molecule has 0 aromatic heterocycles. The monoisotopic (exact) mass is 225 g/mol. The highest BCUT2D eigenvalue weighted by atomic mass is 32.1. The summed E-state index contributed by atoms with van der Waals surface area (Å²) >= 11 is 4.37. The van der Waals surface area contributed by atoms with Crippen LogP contribution in [0.25, 0.3) is 6.08 Å². The summed E-state index contributed by atoms with van der Waals surface area (Å²) in [6.07, 6.45) is 1.51. The summed E-state index contributed by atoms with van der Waals surface area (Å²) in [6, 6.07) is 9.15. The van der Waals surface area contributed by atoms with Gasteiger partial charge in [0.2, 0.25) is 8.03 Å². The van der Waals surface area contributed by atoms with E-state index in [1.165, 1.54) is 6.08 Å². The zero-order chi connectivity index (χ0) is 10.4. The zero-order valence-corrected chi connectivity index (χ0v) is 8.99. The number of isothiocyanates is 1. The number of thiocarbonyl (C=S) groups is 1. The van der Waals surface area contributed by atoms with Gasteiger partial charge in [-0.25, -0.2) is 0 Å². The van der Waals surface area contributed by atoms with Crippen LogP contribution < -0.4 is 0 Å². The van der Waals surface area contributed by atoms with Crippen LogP contribution in [0.2, 0.25) is 0 Å². The summed E-state index contributed by atoms with van der Waals surface area (Å²) in [5.41, 5.74) is 0.875. The van der Waals surface area contributed by atoms with Crippen molar-refractivity contribution in [2.45, 2.75) is 0 Å². The number of benzene rings is 1. The molecule has 5 heteroatoms. The molecule has 0 radical (unpaired) electrons. The van der Waals surface area contributed by atoms with E-state index in [-0.39, 0.29) is 5.44 Å². The van der Waals surface area contributed by atoms with Crippen LogP contribution in [-0.4, -0.2) is 10.1 Å². The van der Waals surface area contributed by atoms with Gasteiger partial charge in [-0.3, -0.25) is 4.57 Å². The molecule has 0 aliphatic heterocycles. The van der Waals surface area contributed by atoms with Crippen molar-refractivity contribution in [1.29, 1.82) is 0 Å². The normalized spacial score (nSPS) is 13.1. The van der Waals surface area contributed by atoms with Gasteiger partial charge in [0.25, 0.3) is 0 Å². The van der Waals surface area contributed by atoms with Crippen molar-refractivity contribution in [3.63, 3.8) is 0 Å². The molecule has 0 saturated carbocycles. The maximum absolute atomic E-state index is 10.8. The molecule has 1 aromatic rings. The number of hydrogen-bond donors (Lipinski definition) is 1. The molecule has 1 atom stereocenters. The second kappa shape index (κ2) is 5.63. The van der Waals surface area contributed by atoms with Crippen LogP contribution in [0, 0.1) is 0 Å². The van der Waals surface area contributed by atoms with Crippen molar-refractivity contribution in [2.24, 2.45) is 4.99 Å². The fourth-order valence-electron chi connectivity index (χ4n) is 0.898. The largest absolute Gasteiger partial charge is 0.342 e. The number of aliphatic imine (C=N–C) groups is 1. The quantitative estimate of drug-likeness (QED) is 0.488. The molecular weight excluding hydrogens is 217 g/mol. The Hall–Kier alpha value is -1.05. The summed E-state index contributed by atoms with van der Waals surface area (Å²) in [5, 5.41) is 2.07. The molecule has 14 heavy (non-hydrogen) atoms. The van der Waals surface area contributed by atoms with Crippen molar-refractivity contribution in [1.82, 2.24) is 0 Å². The van der Waals surface area contributed by atoms with Crippen LogP contribution in [0.15, 0.2) is 40.8 Å². The third kappa shape index (κ3) is 3.36. The van der Waals surface area contributed by atoms with Gasteiger partial charge in [-0.15, -0.1) is 0 Å². The molecule has 0 amide bonds. The maximum atomic E-state index is 10.8. The van der Waals surface area contributed by atoms with Gasteiger partial charge in [0.15, 0.2) is 0 Å². The molecule has 1 unspecified atom stereocenters. The van der Waals surface area contributed by atoms with Gasteiger partial charge in [-0.2, -0.15) is 4.99 Å². The highest BCUT2D eigenvalue weighted by Crippen LogP contribution is 2.29. The Balaban J connectivity index is 3.05. The lowest BCUT2D eigenvalue weighted by molar-refractivity contribution is 0.509. The Bertz CT molecular complexity index is 406. The highest BCUT2D eigenvalue weighted by Gasteiger charge is 2.00. The van der Waals surface area contributed by atoms with Crippen LogP contribution in [0.3, 0.4) is 0 Å². The van der Waals surface area contributed by atoms with E-state index in [1.807, 2.05) is 30.3 Å². The number of nitrogens with zero attached hydrogens (tertiary/aromatic N) is 1. The van der Waals surface area contributed by atoms with Gasteiger partial charge < -0.3 is 4.89 Å². The Morgan fingerprint density at radius 2 is 2.14 bits per heavy atom. The van der Waals surface area contributed by atoms with E-state index >= 15 is 0 Å². The number of rotatable bonds is 3. The SMILES string of the molecule is O=[PH](O)C(=Cc1ccccc1)N=C=S. The topological polar surface area (TPSA) is 49.7 Å². The lowest BCUT2D eigenvalue weighted by Crippen LogP contribution is -1.73. The fourth-order valence-corrected chi connectivity index (χ4v) is 1.52. The molecular formula is C9H8NO2PS. The van der Waals surface area contributed by atoms with Gasteiger partial charge in [-0.1, -0.05) is 30.3 Å². The highest BCUT2D eigenvalue weighted by molar-refractivity contribution is 7.78. The second-order valence-electron chi connectivity index (χ2n) is 2.45. The maximum Gasteiger partial charge on any atom is 0.236 e. The van der Waals surface area contributed by atoms with E-state index in [2.05, 4.69) is 22.4 Å². The molecule has 0 spiro atoms. The number of hydrogen-bond acceptors (Lipinski definition) is 3. The molecule has 0 bridgehead atoms. The summed E-state index contributed by atoms with van der Waals surface area (Å²) in [4.78, 5) is 12.4. The van der Waals surface area contributed by atoms with E-state index < -0.39 is 8.03 Å². The average Bonchev–Trinajstić information content (AvgIpc) is 2.18. The molecule has 3 nitrogen and oxygen atoms in total. The minimum absolute atomic E-state index is 0.0659. The van der Waals surface area contributed by atoms with Gasteiger partial charge in [0, 0.05) is 0 Å². The summed E-state index contributed by atoms with van der Waals surface area (Å²) in [7, 11) is -2.82. The molecule has 1 N–H and O–H groups in total. The first-order chi connectivity index (χ1) is 6.74. The van der Waals surface area contributed by atoms with E-state index in [1.54, 1.807) is 0 Å². The smallest absolute Gasteiger partial charge is 0.236 e. The predicted octanol–water partition coefficient (Wildman–Crippen LogP) is 2.55. The minimum atomic E-state index is -2.82. The van der Waals surface area contributed by atoms with Crippen molar-refractivity contribution >= 4 is 31.5 Å². The Morgan fingerprint density at radius 3 is 2.64 bits per heavy atom. The van der Waals surface area contributed by atoms with Gasteiger partial charge in [-0.05, 0) is 23.9 Å². The standard InChI is InChI=1S/C9H8NO2PS/c11-13(12)9(10-7-14)6-8-4-2-1-3-5-8/h1-6,13H,(H,11,12). The summed E-state index contributed by atoms with van der Waals surface area (Å²) in [5.74, 6) is 0. The van der Waals surface area contributed by atoms with Crippen LogP contribution in [0.1, 0.15) is 5.56 Å². The van der Waals surface area contributed by atoms with E-state index in [0.29, 0.717) is 0 Å². The van der Waals surface area contributed by atoms with Gasteiger partial charge >= 0.3 is 0 Å². The second-order valence-corrected chi connectivity index (χ2v) is 3.75. The average molecular weight is 225 g/mol. The first-order valence-corrected chi connectivity index (χ1v) is 5.58. The van der Waals surface area contributed by atoms with E-state index in [4.69, 9.17) is 4.89 Å². The Kier molecular flexibility index (Phi) is 4.44. The Morgan fingerprint density at radius 1 is 1.50 bits per heavy atom. The van der Waals surface area contributed by atoms with Crippen LogP contribution >= 0.6 is 20.2 Å². The summed E-state index contributed by atoms with van der Waals surface area (Å²) < 4.78 is 10.8. The molecule has 72 valence electrons. The lowest BCUT2D eigenvalue weighted by atomic mass is 10.2. The molecule has 0 heterocycles. The van der Waals surface area contributed by atoms with Gasteiger partial charge in [0.05, 0.1) is 5.16 Å². The van der Waals surface area contributed by atoms with Crippen LogP contribution in [0.5, 0.6) is 0 Å². The van der Waals surface area contributed by atoms with Gasteiger partial charge in [0.1, 0.15) is 5.44 Å². The molecule has 1 aromatic carbocycles. The zero-order valence-electron chi connectivity index (χ0n) is 7.18. The fraction of sp³-hybridized carbons (Fsp3) is 0. The van der Waals surface area contributed by atoms with Crippen LogP contribution in [0.4, 0.5) is 0 Å². The molecule has 0 aliphatic rings. The van der Waals surface area contributed by atoms with Crippen molar-refractivity contribution in [3.8, 4) is 0 Å².